The van der Waals surface area contributed by atoms with Crippen molar-refractivity contribution in [3.63, 3.8) is 0 Å². The smallest absolute Gasteiger partial charge is 0.225 e. The van der Waals surface area contributed by atoms with E-state index in [2.05, 4.69) is 28.0 Å². The van der Waals surface area contributed by atoms with Crippen LogP contribution in [0.5, 0.6) is 0 Å². The molecule has 2 saturated heterocycles. The Morgan fingerprint density at radius 1 is 1.04 bits per heavy atom. The Labute approximate surface area is 157 Å². The van der Waals surface area contributed by atoms with Crippen LogP contribution in [0.4, 0.5) is 0 Å². The van der Waals surface area contributed by atoms with E-state index in [1.54, 1.807) is 0 Å². The summed E-state index contributed by atoms with van der Waals surface area (Å²) in [6.07, 6.45) is 8.14. The van der Waals surface area contributed by atoms with Gasteiger partial charge in [-0.3, -0.25) is 9.69 Å². The molecule has 1 atom stereocenters. The first-order valence-electron chi connectivity index (χ1n) is 10.4. The van der Waals surface area contributed by atoms with Gasteiger partial charge >= 0.3 is 0 Å². The predicted octanol–water partition coefficient (Wildman–Crippen LogP) is 2.83. The van der Waals surface area contributed by atoms with Gasteiger partial charge < -0.3 is 10.0 Å². The van der Waals surface area contributed by atoms with Gasteiger partial charge in [-0.2, -0.15) is 0 Å². The Balaban J connectivity index is 1.24. The second-order valence-electron chi connectivity index (χ2n) is 8.52. The van der Waals surface area contributed by atoms with E-state index in [-0.39, 0.29) is 6.61 Å². The number of rotatable bonds is 5. The third-order valence-electron chi connectivity index (χ3n) is 6.76. The fourth-order valence-electron chi connectivity index (χ4n) is 4.91. The number of carbonyl (C=O) groups excluding carboxylic acids is 1. The maximum absolute atomic E-state index is 12.4. The Hall–Kier alpha value is -1.39. The molecule has 1 aromatic rings. The highest BCUT2D eigenvalue weighted by atomic mass is 16.3. The summed E-state index contributed by atoms with van der Waals surface area (Å²) in [6.45, 7) is 4.43. The molecule has 4 rings (SSSR count). The maximum Gasteiger partial charge on any atom is 0.225 e. The van der Waals surface area contributed by atoms with E-state index in [1.165, 1.54) is 31.5 Å². The average Bonchev–Trinajstić information content (AvgIpc) is 3.09. The van der Waals surface area contributed by atoms with E-state index in [0.29, 0.717) is 17.9 Å². The number of likely N-dealkylation sites (tertiary alicyclic amines) is 2. The zero-order valence-corrected chi connectivity index (χ0v) is 15.8. The Kier molecular flexibility index (Phi) is 5.60. The molecule has 0 bridgehead atoms. The first-order valence-corrected chi connectivity index (χ1v) is 10.4. The van der Waals surface area contributed by atoms with Crippen LogP contribution < -0.4 is 0 Å². The van der Waals surface area contributed by atoms with Crippen molar-refractivity contribution in [1.82, 2.24) is 9.80 Å². The number of nitrogens with zero attached hydrogens (tertiary/aromatic N) is 2. The molecule has 0 radical (unpaired) electrons. The Morgan fingerprint density at radius 3 is 2.50 bits per heavy atom. The summed E-state index contributed by atoms with van der Waals surface area (Å²) < 4.78 is 0. The van der Waals surface area contributed by atoms with Gasteiger partial charge in [0.1, 0.15) is 0 Å². The monoisotopic (exact) mass is 356 g/mol. The number of hydrogen-bond donors (Lipinski definition) is 1. The second-order valence-corrected chi connectivity index (χ2v) is 8.52. The van der Waals surface area contributed by atoms with Crippen LogP contribution >= 0.6 is 0 Å². The van der Waals surface area contributed by atoms with Crippen molar-refractivity contribution in [2.24, 2.45) is 11.8 Å². The van der Waals surface area contributed by atoms with Gasteiger partial charge in [-0.25, -0.2) is 0 Å². The van der Waals surface area contributed by atoms with Crippen LogP contribution in [-0.2, 0) is 17.8 Å². The van der Waals surface area contributed by atoms with E-state index in [0.717, 1.165) is 56.7 Å². The van der Waals surface area contributed by atoms with Crippen LogP contribution in [0.3, 0.4) is 0 Å². The van der Waals surface area contributed by atoms with Crippen molar-refractivity contribution in [3.05, 3.63) is 35.4 Å². The van der Waals surface area contributed by atoms with E-state index < -0.39 is 0 Å². The highest BCUT2D eigenvalue weighted by molar-refractivity contribution is 5.79. The minimum Gasteiger partial charge on any atom is -0.392 e. The summed E-state index contributed by atoms with van der Waals surface area (Å²) in [5.74, 6) is 1.49. The lowest BCUT2D eigenvalue weighted by molar-refractivity contribution is -0.139. The molecule has 1 N–H and O–H groups in total. The normalized spacial score (nSPS) is 25.4. The number of aliphatic hydroxyl groups excluding tert-OH is 1. The van der Waals surface area contributed by atoms with Crippen LogP contribution in [-0.4, -0.2) is 53.0 Å². The maximum atomic E-state index is 12.4. The fraction of sp³-hybridized carbons (Fsp3) is 0.682. The molecule has 1 amide bonds. The van der Waals surface area contributed by atoms with Crippen molar-refractivity contribution in [3.8, 4) is 0 Å². The van der Waals surface area contributed by atoms with Crippen LogP contribution in [0.2, 0.25) is 0 Å². The number of piperidine rings is 1. The third-order valence-corrected chi connectivity index (χ3v) is 6.76. The summed E-state index contributed by atoms with van der Waals surface area (Å²) in [4.78, 5) is 17.2. The molecule has 4 heteroatoms. The van der Waals surface area contributed by atoms with Gasteiger partial charge in [0, 0.05) is 31.6 Å². The van der Waals surface area contributed by atoms with Gasteiger partial charge in [-0.1, -0.05) is 30.7 Å². The summed E-state index contributed by atoms with van der Waals surface area (Å²) in [5.41, 5.74) is 2.37. The van der Waals surface area contributed by atoms with Crippen LogP contribution in [0.15, 0.2) is 24.3 Å². The summed E-state index contributed by atoms with van der Waals surface area (Å²) in [5, 5.41) is 9.31. The van der Waals surface area contributed by atoms with Gasteiger partial charge in [0.15, 0.2) is 0 Å². The number of hydrogen-bond acceptors (Lipinski definition) is 3. The molecule has 2 heterocycles. The van der Waals surface area contributed by atoms with Gasteiger partial charge in [0.2, 0.25) is 5.91 Å². The van der Waals surface area contributed by atoms with Crippen molar-refractivity contribution in [1.29, 1.82) is 0 Å². The standard InChI is InChI=1S/C22H32N2O2/c25-16-19-4-1-3-17(14-19)13-18-7-10-24(15-18)21-8-11-23(12-9-21)22(26)20-5-2-6-20/h1,3-4,14,18,20-21,25H,2,5-13,15-16H2/t18-/m0/s1. The lowest BCUT2D eigenvalue weighted by Gasteiger charge is -2.39. The van der Waals surface area contributed by atoms with E-state index >= 15 is 0 Å². The minimum absolute atomic E-state index is 0.128. The number of benzene rings is 1. The van der Waals surface area contributed by atoms with Gasteiger partial charge in [-0.15, -0.1) is 0 Å². The predicted molar refractivity (Wildman–Crippen MR) is 103 cm³/mol. The Bertz CT molecular complexity index is 620. The lowest BCUT2D eigenvalue weighted by Crippen LogP contribution is -2.48. The molecule has 0 spiro atoms. The molecule has 2 aliphatic heterocycles. The first kappa shape index (κ1) is 18.0. The van der Waals surface area contributed by atoms with Crippen LogP contribution in [0.1, 0.15) is 49.7 Å². The number of amides is 1. The minimum atomic E-state index is 0.128. The topological polar surface area (TPSA) is 43.8 Å². The summed E-state index contributed by atoms with van der Waals surface area (Å²) >= 11 is 0. The summed E-state index contributed by atoms with van der Waals surface area (Å²) in [7, 11) is 0. The average molecular weight is 357 g/mol. The molecular weight excluding hydrogens is 324 g/mol. The van der Waals surface area contributed by atoms with Crippen molar-refractivity contribution in [2.45, 2.75) is 57.6 Å². The van der Waals surface area contributed by atoms with Crippen LogP contribution in [0, 0.1) is 11.8 Å². The molecule has 1 aromatic carbocycles. The molecular formula is C22H32N2O2. The van der Waals surface area contributed by atoms with E-state index in [4.69, 9.17) is 0 Å². The molecule has 1 aliphatic carbocycles. The molecule has 142 valence electrons. The molecule has 0 unspecified atom stereocenters. The largest absolute Gasteiger partial charge is 0.392 e. The van der Waals surface area contributed by atoms with Gasteiger partial charge in [0.05, 0.1) is 6.61 Å². The number of carbonyl (C=O) groups is 1. The molecule has 1 saturated carbocycles. The quantitative estimate of drug-likeness (QED) is 0.882. The first-order chi connectivity index (χ1) is 12.7. The summed E-state index contributed by atoms with van der Waals surface area (Å²) in [6, 6.07) is 9.04. The molecule has 3 fully saturated rings. The van der Waals surface area contributed by atoms with Gasteiger partial charge in [-0.05, 0) is 62.1 Å². The molecule has 26 heavy (non-hydrogen) atoms. The van der Waals surface area contributed by atoms with Crippen molar-refractivity contribution < 1.29 is 9.90 Å². The number of aliphatic hydroxyl groups is 1. The van der Waals surface area contributed by atoms with Crippen LogP contribution in [0.25, 0.3) is 0 Å². The third kappa shape index (κ3) is 3.96. The molecule has 0 aromatic heterocycles. The van der Waals surface area contributed by atoms with E-state index in [9.17, 15) is 9.90 Å². The highest BCUT2D eigenvalue weighted by Gasteiger charge is 2.34. The zero-order chi connectivity index (χ0) is 17.9. The zero-order valence-electron chi connectivity index (χ0n) is 15.8. The van der Waals surface area contributed by atoms with E-state index in [1.807, 2.05) is 6.07 Å². The van der Waals surface area contributed by atoms with Gasteiger partial charge in [0.25, 0.3) is 0 Å². The fourth-order valence-corrected chi connectivity index (χ4v) is 4.91. The SMILES string of the molecule is O=C(C1CCC1)N1CCC(N2CC[C@@H](Cc3cccc(CO)c3)C2)CC1. The second kappa shape index (κ2) is 8.10. The molecule has 3 aliphatic rings. The highest BCUT2D eigenvalue weighted by Crippen LogP contribution is 2.31. The van der Waals surface area contributed by atoms with Crippen molar-refractivity contribution >= 4 is 5.91 Å². The van der Waals surface area contributed by atoms with Crippen molar-refractivity contribution in [2.75, 3.05) is 26.2 Å². The lowest BCUT2D eigenvalue weighted by atomic mass is 9.84. The molecule has 4 nitrogen and oxygen atoms in total. The Morgan fingerprint density at radius 2 is 1.81 bits per heavy atom.